The van der Waals surface area contributed by atoms with Crippen LogP contribution in [0.2, 0.25) is 0 Å². The highest BCUT2D eigenvalue weighted by Crippen LogP contribution is 2.17. The van der Waals surface area contributed by atoms with Crippen molar-refractivity contribution >= 4 is 0 Å². The van der Waals surface area contributed by atoms with Crippen LogP contribution in [0.4, 0.5) is 13.2 Å². The molecule has 0 bridgehead atoms. The molecule has 1 rings (SSSR count). The van der Waals surface area contributed by atoms with E-state index < -0.39 is 12.7 Å². The van der Waals surface area contributed by atoms with Gasteiger partial charge in [-0.05, 0) is 19.4 Å². The first kappa shape index (κ1) is 13.0. The number of ether oxygens (including phenoxy) is 1. The highest BCUT2D eigenvalue weighted by atomic mass is 19.4. The zero-order valence-corrected chi connectivity index (χ0v) is 9.29. The number of hydrogen-bond donors (Lipinski definition) is 0. The Labute approximate surface area is 92.2 Å². The van der Waals surface area contributed by atoms with E-state index in [0.29, 0.717) is 5.69 Å². The van der Waals surface area contributed by atoms with Crippen molar-refractivity contribution in [1.82, 2.24) is 9.78 Å². The van der Waals surface area contributed by atoms with Gasteiger partial charge in [-0.2, -0.15) is 18.3 Å². The van der Waals surface area contributed by atoms with Crippen molar-refractivity contribution in [3.05, 3.63) is 18.0 Å². The van der Waals surface area contributed by atoms with Gasteiger partial charge in [0, 0.05) is 6.20 Å². The smallest absolute Gasteiger partial charge is 0.372 e. The second-order valence-electron chi connectivity index (χ2n) is 3.65. The molecule has 6 heteroatoms. The zero-order valence-electron chi connectivity index (χ0n) is 9.29. The Morgan fingerprint density at radius 1 is 1.50 bits per heavy atom. The molecule has 0 aromatic carbocycles. The highest BCUT2D eigenvalue weighted by Gasteiger charge is 2.28. The van der Waals surface area contributed by atoms with Crippen LogP contribution in [0.3, 0.4) is 0 Å². The largest absolute Gasteiger partial charge is 0.408 e. The quantitative estimate of drug-likeness (QED) is 0.786. The van der Waals surface area contributed by atoms with Gasteiger partial charge in [-0.25, -0.2) is 0 Å². The van der Waals surface area contributed by atoms with E-state index in [9.17, 15) is 13.2 Å². The Morgan fingerprint density at radius 2 is 2.19 bits per heavy atom. The average Bonchev–Trinajstić information content (AvgIpc) is 2.59. The van der Waals surface area contributed by atoms with Gasteiger partial charge in [0.05, 0.1) is 18.4 Å². The van der Waals surface area contributed by atoms with Gasteiger partial charge in [-0.1, -0.05) is 6.92 Å². The summed E-state index contributed by atoms with van der Waals surface area (Å²) in [7, 11) is 0. The van der Waals surface area contributed by atoms with E-state index in [1.165, 1.54) is 12.3 Å². The van der Waals surface area contributed by atoms with Crippen molar-refractivity contribution in [3.8, 4) is 0 Å². The highest BCUT2D eigenvalue weighted by molar-refractivity contribution is 4.97. The predicted molar refractivity (Wildman–Crippen MR) is 52.8 cm³/mol. The second kappa shape index (κ2) is 5.34. The standard InChI is InChI=1S/C10H15F3N2O/c1-3-8(2)16-6-9-4-5-15(14-9)7-10(11,12)13/h4-5,8H,3,6-7H2,1-2H3/t8-/m0/s1. The minimum absolute atomic E-state index is 0.0905. The minimum atomic E-state index is -4.24. The van der Waals surface area contributed by atoms with Crippen molar-refractivity contribution in [2.75, 3.05) is 0 Å². The number of hydrogen-bond acceptors (Lipinski definition) is 2. The van der Waals surface area contributed by atoms with Crippen LogP contribution < -0.4 is 0 Å². The van der Waals surface area contributed by atoms with Gasteiger partial charge in [0.2, 0.25) is 0 Å². The van der Waals surface area contributed by atoms with Crippen LogP contribution in [-0.4, -0.2) is 22.1 Å². The third kappa shape index (κ3) is 4.65. The fraction of sp³-hybridized carbons (Fsp3) is 0.700. The molecule has 0 saturated carbocycles. The number of halogens is 3. The molecule has 0 amide bonds. The monoisotopic (exact) mass is 236 g/mol. The molecule has 0 aliphatic rings. The fourth-order valence-electron chi connectivity index (χ4n) is 1.10. The maximum absolute atomic E-state index is 12.0. The van der Waals surface area contributed by atoms with Crippen LogP contribution in [0, 0.1) is 0 Å². The summed E-state index contributed by atoms with van der Waals surface area (Å²) in [5, 5.41) is 3.77. The molecular formula is C10H15F3N2O. The first-order valence-electron chi connectivity index (χ1n) is 5.11. The molecule has 0 radical (unpaired) electrons. The predicted octanol–water partition coefficient (Wildman–Crippen LogP) is 2.76. The summed E-state index contributed by atoms with van der Waals surface area (Å²) >= 11 is 0. The molecule has 0 spiro atoms. The Hall–Kier alpha value is -1.04. The molecule has 0 unspecified atom stereocenters. The van der Waals surface area contributed by atoms with Crippen molar-refractivity contribution in [3.63, 3.8) is 0 Å². The van der Waals surface area contributed by atoms with Crippen molar-refractivity contribution in [2.45, 2.75) is 45.7 Å². The zero-order chi connectivity index (χ0) is 12.2. The molecule has 0 fully saturated rings. The van der Waals surface area contributed by atoms with E-state index in [0.717, 1.165) is 11.1 Å². The molecule has 1 heterocycles. The van der Waals surface area contributed by atoms with Crippen LogP contribution in [0.5, 0.6) is 0 Å². The van der Waals surface area contributed by atoms with E-state index in [-0.39, 0.29) is 12.7 Å². The van der Waals surface area contributed by atoms with Gasteiger partial charge in [0.15, 0.2) is 0 Å². The molecule has 1 aromatic rings. The van der Waals surface area contributed by atoms with Gasteiger partial charge in [-0.3, -0.25) is 4.68 Å². The maximum Gasteiger partial charge on any atom is 0.408 e. The van der Waals surface area contributed by atoms with Crippen LogP contribution in [0.25, 0.3) is 0 Å². The molecule has 0 aliphatic heterocycles. The lowest BCUT2D eigenvalue weighted by molar-refractivity contribution is -0.142. The maximum atomic E-state index is 12.0. The minimum Gasteiger partial charge on any atom is -0.372 e. The first-order valence-corrected chi connectivity index (χ1v) is 5.11. The van der Waals surface area contributed by atoms with Crippen LogP contribution >= 0.6 is 0 Å². The molecule has 16 heavy (non-hydrogen) atoms. The summed E-state index contributed by atoms with van der Waals surface area (Å²) in [6, 6.07) is 1.54. The fourth-order valence-corrected chi connectivity index (χ4v) is 1.10. The topological polar surface area (TPSA) is 27.1 Å². The van der Waals surface area contributed by atoms with Crippen LogP contribution in [0.15, 0.2) is 12.3 Å². The molecule has 3 nitrogen and oxygen atoms in total. The van der Waals surface area contributed by atoms with Crippen LogP contribution in [-0.2, 0) is 17.9 Å². The van der Waals surface area contributed by atoms with Gasteiger partial charge in [0.25, 0.3) is 0 Å². The molecule has 0 N–H and O–H groups in total. The number of alkyl halides is 3. The lowest BCUT2D eigenvalue weighted by atomic mass is 10.3. The lowest BCUT2D eigenvalue weighted by Gasteiger charge is -2.08. The normalized spacial score (nSPS) is 14.1. The number of aromatic nitrogens is 2. The van der Waals surface area contributed by atoms with Gasteiger partial charge in [0.1, 0.15) is 6.54 Å². The number of rotatable bonds is 5. The van der Waals surface area contributed by atoms with E-state index in [1.54, 1.807) is 0 Å². The molecule has 1 aromatic heterocycles. The molecule has 0 aliphatic carbocycles. The third-order valence-corrected chi connectivity index (χ3v) is 2.13. The second-order valence-corrected chi connectivity index (χ2v) is 3.65. The Bertz CT molecular complexity index is 322. The summed E-state index contributed by atoms with van der Waals surface area (Å²) < 4.78 is 42.3. The third-order valence-electron chi connectivity index (χ3n) is 2.13. The number of nitrogens with zero attached hydrogens (tertiary/aromatic N) is 2. The first-order chi connectivity index (χ1) is 7.40. The molecule has 1 atom stereocenters. The average molecular weight is 236 g/mol. The van der Waals surface area contributed by atoms with Crippen molar-refractivity contribution in [2.24, 2.45) is 0 Å². The van der Waals surface area contributed by atoms with Gasteiger partial charge in [-0.15, -0.1) is 0 Å². The Balaban J connectivity index is 2.45. The lowest BCUT2D eigenvalue weighted by Crippen LogP contribution is -2.18. The molecule has 0 saturated heterocycles. The van der Waals surface area contributed by atoms with Crippen LogP contribution in [0.1, 0.15) is 26.0 Å². The molecule has 92 valence electrons. The summed E-state index contributed by atoms with van der Waals surface area (Å²) in [4.78, 5) is 0. The summed E-state index contributed by atoms with van der Waals surface area (Å²) in [5.74, 6) is 0. The van der Waals surface area contributed by atoms with E-state index in [1.807, 2.05) is 13.8 Å². The van der Waals surface area contributed by atoms with Gasteiger partial charge < -0.3 is 4.74 Å². The SMILES string of the molecule is CC[C@H](C)OCc1ccn(CC(F)(F)F)n1. The van der Waals surface area contributed by atoms with E-state index >= 15 is 0 Å². The summed E-state index contributed by atoms with van der Waals surface area (Å²) in [6.07, 6.45) is -1.97. The Morgan fingerprint density at radius 3 is 2.75 bits per heavy atom. The summed E-state index contributed by atoms with van der Waals surface area (Å²) in [5.41, 5.74) is 0.518. The van der Waals surface area contributed by atoms with E-state index in [2.05, 4.69) is 5.10 Å². The van der Waals surface area contributed by atoms with Crippen molar-refractivity contribution < 1.29 is 17.9 Å². The van der Waals surface area contributed by atoms with Gasteiger partial charge >= 0.3 is 6.18 Å². The van der Waals surface area contributed by atoms with E-state index in [4.69, 9.17) is 4.74 Å². The Kier molecular flexibility index (Phi) is 4.35. The van der Waals surface area contributed by atoms with Crippen molar-refractivity contribution in [1.29, 1.82) is 0 Å². The summed E-state index contributed by atoms with van der Waals surface area (Å²) in [6.45, 7) is 3.08. The molecular weight excluding hydrogens is 221 g/mol.